The third kappa shape index (κ3) is 66.1. The summed E-state index contributed by atoms with van der Waals surface area (Å²) in [5.74, 6) is -0.201. The third-order valence-electron chi connectivity index (χ3n) is 16.6. The van der Waals surface area contributed by atoms with Crippen molar-refractivity contribution in [2.75, 3.05) is 40.9 Å². The van der Waals surface area contributed by atoms with Gasteiger partial charge in [0.2, 0.25) is 5.91 Å². The number of unbranched alkanes of at least 4 members (excludes halogenated alkanes) is 50. The van der Waals surface area contributed by atoms with Crippen LogP contribution in [0.15, 0.2) is 36.5 Å². The summed E-state index contributed by atoms with van der Waals surface area (Å²) in [6.45, 7) is 4.69. The molecule has 0 spiro atoms. The summed E-state index contributed by atoms with van der Waals surface area (Å²) in [6.07, 6.45) is 84.3. The number of aliphatic hydroxyl groups excluding tert-OH is 1. The third-order valence-corrected chi connectivity index (χ3v) is 17.5. The van der Waals surface area contributed by atoms with E-state index < -0.39 is 20.0 Å². The molecule has 0 aliphatic rings. The van der Waals surface area contributed by atoms with Gasteiger partial charge in [-0.3, -0.25) is 9.36 Å². The van der Waals surface area contributed by atoms with Crippen LogP contribution in [0.4, 0.5) is 0 Å². The number of phosphoric ester groups is 1. The maximum atomic E-state index is 13.0. The van der Waals surface area contributed by atoms with Gasteiger partial charge in [0.15, 0.2) is 0 Å². The number of hydrogen-bond acceptors (Lipinski definition) is 6. The molecule has 3 unspecified atom stereocenters. The Morgan fingerprint density at radius 1 is 0.420 bits per heavy atom. The lowest BCUT2D eigenvalue weighted by Gasteiger charge is -2.29. The van der Waals surface area contributed by atoms with Gasteiger partial charge < -0.3 is 28.8 Å². The SMILES string of the molecule is CCCCCCCCCC/C=C\CCCCCCCCCCCCCCCCCC(=O)NC(COP(=O)([O-])OCC[N+](C)(C)C)C(O)/C=C/CC/C=C/CCCCCCCCCCCCCCCCCCCCCCCCCCCC. The van der Waals surface area contributed by atoms with Crippen LogP contribution in [0.1, 0.15) is 367 Å². The predicted octanol–water partition coefficient (Wildman–Crippen LogP) is 22.2. The van der Waals surface area contributed by atoms with Gasteiger partial charge in [-0.1, -0.05) is 339 Å². The number of quaternary nitrogens is 1. The molecule has 0 radical (unpaired) electrons. The minimum absolute atomic E-state index is 0.00479. The molecule has 0 rings (SSSR count). The summed E-state index contributed by atoms with van der Waals surface area (Å²) >= 11 is 0. The highest BCUT2D eigenvalue weighted by Crippen LogP contribution is 2.38. The molecule has 8 nitrogen and oxygen atoms in total. The Hall–Kier alpha value is -1.28. The summed E-state index contributed by atoms with van der Waals surface area (Å²) in [7, 11) is 1.26. The van der Waals surface area contributed by atoms with Gasteiger partial charge in [-0.25, -0.2) is 0 Å². The van der Waals surface area contributed by atoms with E-state index in [2.05, 4.69) is 43.5 Å². The van der Waals surface area contributed by atoms with Gasteiger partial charge >= 0.3 is 0 Å². The molecular formula is C72H141N2O6P. The number of amides is 1. The minimum atomic E-state index is -4.61. The standard InChI is InChI=1S/C72H141N2O6P/c1-6-8-10-12-14-16-18-20-22-24-26-28-30-32-34-35-36-37-38-40-41-43-45-47-49-51-53-55-57-59-61-63-65-71(75)70(69-80-81(77,78)79-68-67-74(3,4)5)73-72(76)66-64-62-60-58-56-54-52-50-48-46-44-42-39-33-31-29-27-25-23-21-19-17-15-13-11-9-7-2/h25,27,55,57,63,65,70-71,75H,6-24,26,28-54,56,58-62,64,66-69H2,1-5H3,(H-,73,76,77,78)/b27-25-,57-55+,65-63+. The lowest BCUT2D eigenvalue weighted by atomic mass is 10.0. The lowest BCUT2D eigenvalue weighted by Crippen LogP contribution is -2.45. The molecule has 0 aliphatic heterocycles. The Morgan fingerprint density at radius 2 is 0.691 bits per heavy atom. The van der Waals surface area contributed by atoms with Crippen molar-refractivity contribution in [3.63, 3.8) is 0 Å². The van der Waals surface area contributed by atoms with Gasteiger partial charge in [0.1, 0.15) is 13.2 Å². The molecule has 0 aliphatic carbocycles. The highest BCUT2D eigenvalue weighted by Gasteiger charge is 2.23. The van der Waals surface area contributed by atoms with E-state index in [1.165, 1.54) is 308 Å². The normalized spacial score (nSPS) is 13.8. The van der Waals surface area contributed by atoms with E-state index in [0.717, 1.165) is 38.5 Å². The van der Waals surface area contributed by atoms with Gasteiger partial charge in [-0.15, -0.1) is 0 Å². The van der Waals surface area contributed by atoms with Gasteiger partial charge in [-0.05, 0) is 57.8 Å². The van der Waals surface area contributed by atoms with Crippen molar-refractivity contribution in [3.8, 4) is 0 Å². The van der Waals surface area contributed by atoms with Crippen molar-refractivity contribution in [3.05, 3.63) is 36.5 Å². The van der Waals surface area contributed by atoms with Crippen LogP contribution in [0.25, 0.3) is 0 Å². The number of carbonyl (C=O) groups is 1. The average Bonchev–Trinajstić information content (AvgIpc) is 3.43. The van der Waals surface area contributed by atoms with Crippen LogP contribution < -0.4 is 10.2 Å². The number of phosphoric acid groups is 1. The molecule has 0 aromatic heterocycles. The van der Waals surface area contributed by atoms with Crippen molar-refractivity contribution >= 4 is 13.7 Å². The number of nitrogens with one attached hydrogen (secondary N) is 1. The zero-order valence-electron chi connectivity index (χ0n) is 55.0. The molecule has 480 valence electrons. The highest BCUT2D eigenvalue weighted by molar-refractivity contribution is 7.45. The summed E-state index contributed by atoms with van der Waals surface area (Å²) in [6, 6.07) is -0.904. The Morgan fingerprint density at radius 3 is 1.00 bits per heavy atom. The number of rotatable bonds is 67. The van der Waals surface area contributed by atoms with E-state index in [0.29, 0.717) is 17.4 Å². The minimum Gasteiger partial charge on any atom is -0.756 e. The van der Waals surface area contributed by atoms with Crippen molar-refractivity contribution < 1.29 is 32.9 Å². The van der Waals surface area contributed by atoms with Crippen molar-refractivity contribution in [1.82, 2.24) is 5.32 Å². The summed E-state index contributed by atoms with van der Waals surface area (Å²) in [5, 5.41) is 14.0. The average molecular weight is 1160 g/mol. The second-order valence-corrected chi connectivity index (χ2v) is 27.3. The first-order valence-corrected chi connectivity index (χ1v) is 37.3. The molecular weight excluding hydrogens is 1020 g/mol. The summed E-state index contributed by atoms with van der Waals surface area (Å²) in [5.41, 5.74) is 0. The smallest absolute Gasteiger partial charge is 0.268 e. The number of nitrogens with zero attached hydrogens (tertiary/aromatic N) is 1. The fraction of sp³-hybridized carbons (Fsp3) is 0.903. The fourth-order valence-electron chi connectivity index (χ4n) is 11.0. The first-order chi connectivity index (χ1) is 39.5. The molecule has 81 heavy (non-hydrogen) atoms. The molecule has 0 saturated carbocycles. The maximum absolute atomic E-state index is 13.0. The van der Waals surface area contributed by atoms with Crippen LogP contribution in [0, 0.1) is 0 Å². The van der Waals surface area contributed by atoms with Crippen molar-refractivity contribution in [1.29, 1.82) is 0 Å². The molecule has 0 saturated heterocycles. The topological polar surface area (TPSA) is 108 Å². The number of aliphatic hydroxyl groups is 1. The fourth-order valence-corrected chi connectivity index (χ4v) is 11.7. The van der Waals surface area contributed by atoms with E-state index in [4.69, 9.17) is 9.05 Å². The number of likely N-dealkylation sites (N-methyl/N-ethyl adjacent to an activating group) is 1. The molecule has 0 bridgehead atoms. The van der Waals surface area contributed by atoms with E-state index >= 15 is 0 Å². The van der Waals surface area contributed by atoms with E-state index in [1.807, 2.05) is 27.2 Å². The van der Waals surface area contributed by atoms with Gasteiger partial charge in [-0.2, -0.15) is 0 Å². The highest BCUT2D eigenvalue weighted by atomic mass is 31.2. The molecule has 0 heterocycles. The molecule has 1 amide bonds. The molecule has 2 N–H and O–H groups in total. The Balaban J connectivity index is 4.07. The molecule has 0 fully saturated rings. The summed E-state index contributed by atoms with van der Waals surface area (Å²) in [4.78, 5) is 25.6. The van der Waals surface area contributed by atoms with E-state index in [9.17, 15) is 19.4 Å². The Kier molecular flexibility index (Phi) is 62.2. The predicted molar refractivity (Wildman–Crippen MR) is 353 cm³/mol. The first-order valence-electron chi connectivity index (χ1n) is 35.9. The van der Waals surface area contributed by atoms with Crippen LogP contribution in [0.3, 0.4) is 0 Å². The zero-order valence-corrected chi connectivity index (χ0v) is 55.9. The van der Waals surface area contributed by atoms with Gasteiger partial charge in [0, 0.05) is 6.42 Å². The van der Waals surface area contributed by atoms with Crippen LogP contribution in [-0.2, 0) is 18.4 Å². The second kappa shape index (κ2) is 63.2. The first kappa shape index (κ1) is 79.7. The molecule has 0 aromatic carbocycles. The van der Waals surface area contributed by atoms with Crippen LogP contribution in [-0.4, -0.2) is 68.5 Å². The lowest BCUT2D eigenvalue weighted by molar-refractivity contribution is -0.870. The second-order valence-electron chi connectivity index (χ2n) is 25.9. The quantitative estimate of drug-likeness (QED) is 0.0272. The van der Waals surface area contributed by atoms with Crippen LogP contribution in [0.2, 0.25) is 0 Å². The van der Waals surface area contributed by atoms with Crippen LogP contribution in [0.5, 0.6) is 0 Å². The monoisotopic (exact) mass is 1160 g/mol. The number of carbonyl (C=O) groups excluding carboxylic acids is 1. The van der Waals surface area contributed by atoms with Gasteiger partial charge in [0.25, 0.3) is 7.82 Å². The Bertz CT molecular complexity index is 1410. The molecule has 9 heteroatoms. The van der Waals surface area contributed by atoms with Crippen molar-refractivity contribution in [2.24, 2.45) is 0 Å². The molecule has 3 atom stereocenters. The van der Waals surface area contributed by atoms with Crippen molar-refractivity contribution in [2.45, 2.75) is 379 Å². The largest absolute Gasteiger partial charge is 0.756 e. The van der Waals surface area contributed by atoms with E-state index in [-0.39, 0.29) is 19.1 Å². The zero-order chi connectivity index (χ0) is 59.1. The Labute approximate surface area is 506 Å². The van der Waals surface area contributed by atoms with E-state index in [1.54, 1.807) is 6.08 Å². The van der Waals surface area contributed by atoms with Crippen LogP contribution >= 0.6 is 7.82 Å². The molecule has 0 aromatic rings. The van der Waals surface area contributed by atoms with Gasteiger partial charge in [0.05, 0.1) is 39.9 Å². The number of allylic oxidation sites excluding steroid dienone is 5. The number of hydrogen-bond donors (Lipinski definition) is 2. The maximum Gasteiger partial charge on any atom is 0.268 e. The summed E-state index contributed by atoms with van der Waals surface area (Å²) < 4.78 is 23.5.